The van der Waals surface area contributed by atoms with Crippen molar-refractivity contribution in [2.75, 3.05) is 4.90 Å². The maximum atomic E-state index is 13.6. The number of anilines is 1. The summed E-state index contributed by atoms with van der Waals surface area (Å²) in [6, 6.07) is 22.5. The number of para-hydroxylation sites is 1. The highest BCUT2D eigenvalue weighted by Crippen LogP contribution is 2.41. The summed E-state index contributed by atoms with van der Waals surface area (Å²) in [5, 5.41) is 0.487. The largest absolute Gasteiger partial charge is 0.450 e. The predicted molar refractivity (Wildman–Crippen MR) is 127 cm³/mol. The van der Waals surface area contributed by atoms with Gasteiger partial charge < -0.3 is 4.42 Å². The summed E-state index contributed by atoms with van der Waals surface area (Å²) < 4.78 is 6.02. The van der Waals surface area contributed by atoms with E-state index in [1.165, 1.54) is 5.56 Å². The summed E-state index contributed by atoms with van der Waals surface area (Å²) in [6.07, 6.45) is 0. The number of fused-ring (bicyclic) bond motifs is 2. The van der Waals surface area contributed by atoms with Crippen molar-refractivity contribution in [1.29, 1.82) is 0 Å². The smallest absolute Gasteiger partial charge is 0.295 e. The van der Waals surface area contributed by atoms with Crippen molar-refractivity contribution in [3.05, 3.63) is 111 Å². The minimum Gasteiger partial charge on any atom is -0.450 e. The van der Waals surface area contributed by atoms with E-state index >= 15 is 0 Å². The molecule has 1 atom stereocenters. The highest BCUT2D eigenvalue weighted by molar-refractivity contribution is 6.10. The molecule has 1 amide bonds. The lowest BCUT2D eigenvalue weighted by Gasteiger charge is -2.26. The Hall–Kier alpha value is -3.66. The zero-order chi connectivity index (χ0) is 22.6. The highest BCUT2D eigenvalue weighted by Gasteiger charge is 2.43. The molecule has 0 saturated carbocycles. The van der Waals surface area contributed by atoms with Crippen molar-refractivity contribution in [2.45, 2.75) is 39.2 Å². The monoisotopic (exact) mass is 423 g/mol. The third-order valence-corrected chi connectivity index (χ3v) is 6.15. The molecule has 32 heavy (non-hydrogen) atoms. The molecule has 1 aliphatic rings. The van der Waals surface area contributed by atoms with Crippen LogP contribution in [0.15, 0.2) is 82.0 Å². The number of aryl methyl sites for hydroxylation is 1. The van der Waals surface area contributed by atoms with Crippen LogP contribution in [0.5, 0.6) is 0 Å². The lowest BCUT2D eigenvalue weighted by atomic mass is 9.86. The topological polar surface area (TPSA) is 50.5 Å². The molecule has 1 aliphatic heterocycles. The van der Waals surface area contributed by atoms with Gasteiger partial charge in [-0.2, -0.15) is 0 Å². The van der Waals surface area contributed by atoms with Crippen molar-refractivity contribution in [3.8, 4) is 0 Å². The molecular formula is C28H25NO3. The first kappa shape index (κ1) is 20.3. The molecule has 0 fully saturated rings. The van der Waals surface area contributed by atoms with Crippen LogP contribution in [0.3, 0.4) is 0 Å². The fourth-order valence-electron chi connectivity index (χ4n) is 4.44. The molecule has 0 aliphatic carbocycles. The zero-order valence-electron chi connectivity index (χ0n) is 18.7. The minimum absolute atomic E-state index is 0.00733. The van der Waals surface area contributed by atoms with E-state index in [0.717, 1.165) is 16.8 Å². The van der Waals surface area contributed by atoms with E-state index in [2.05, 4.69) is 32.9 Å². The number of nitrogens with zero attached hydrogens (tertiary/aromatic N) is 1. The fraction of sp³-hybridized carbons (Fsp3) is 0.214. The second kappa shape index (κ2) is 7.20. The van der Waals surface area contributed by atoms with Gasteiger partial charge in [0.2, 0.25) is 5.76 Å². The minimum atomic E-state index is -0.547. The summed E-state index contributed by atoms with van der Waals surface area (Å²) in [5.74, 6) is -0.168. The molecular weight excluding hydrogens is 398 g/mol. The van der Waals surface area contributed by atoms with Crippen molar-refractivity contribution in [1.82, 2.24) is 0 Å². The summed E-state index contributed by atoms with van der Waals surface area (Å²) in [4.78, 5) is 28.9. The first-order valence-corrected chi connectivity index (χ1v) is 10.8. The van der Waals surface area contributed by atoms with Crippen LogP contribution in [-0.4, -0.2) is 5.91 Å². The number of hydrogen-bond acceptors (Lipinski definition) is 3. The van der Waals surface area contributed by atoms with Crippen LogP contribution in [0.2, 0.25) is 0 Å². The van der Waals surface area contributed by atoms with Crippen molar-refractivity contribution in [3.63, 3.8) is 0 Å². The summed E-state index contributed by atoms with van der Waals surface area (Å²) in [5.41, 5.74) is 4.54. The molecule has 0 bridgehead atoms. The van der Waals surface area contributed by atoms with E-state index in [1.54, 1.807) is 23.1 Å². The second-order valence-electron chi connectivity index (χ2n) is 9.46. The lowest BCUT2D eigenvalue weighted by Crippen LogP contribution is -2.29. The Balaban J connectivity index is 1.77. The Kier molecular flexibility index (Phi) is 4.55. The molecule has 4 aromatic rings. The third-order valence-electron chi connectivity index (χ3n) is 6.15. The number of rotatable bonds is 2. The summed E-state index contributed by atoms with van der Waals surface area (Å²) in [7, 11) is 0. The Labute approximate surface area is 187 Å². The van der Waals surface area contributed by atoms with Gasteiger partial charge in [-0.15, -0.1) is 0 Å². The van der Waals surface area contributed by atoms with Crippen LogP contribution in [0.1, 0.15) is 59.6 Å². The van der Waals surface area contributed by atoms with Crippen LogP contribution >= 0.6 is 0 Å². The first-order valence-electron chi connectivity index (χ1n) is 10.8. The molecule has 4 nitrogen and oxygen atoms in total. The van der Waals surface area contributed by atoms with Gasteiger partial charge in [0, 0.05) is 5.69 Å². The Morgan fingerprint density at radius 2 is 1.59 bits per heavy atom. The Morgan fingerprint density at radius 3 is 2.28 bits per heavy atom. The highest BCUT2D eigenvalue weighted by atomic mass is 16.3. The Bertz CT molecular complexity index is 1410. The van der Waals surface area contributed by atoms with E-state index < -0.39 is 6.04 Å². The average molecular weight is 424 g/mol. The van der Waals surface area contributed by atoms with E-state index in [4.69, 9.17) is 4.42 Å². The number of benzene rings is 3. The van der Waals surface area contributed by atoms with Gasteiger partial charge in [0.1, 0.15) is 5.58 Å². The lowest BCUT2D eigenvalue weighted by molar-refractivity contribution is 0.0971. The van der Waals surface area contributed by atoms with Gasteiger partial charge in [0.25, 0.3) is 5.91 Å². The molecule has 1 unspecified atom stereocenters. The van der Waals surface area contributed by atoms with E-state index in [1.807, 2.05) is 49.4 Å². The van der Waals surface area contributed by atoms with Crippen LogP contribution < -0.4 is 10.3 Å². The average Bonchev–Trinajstić information content (AvgIpc) is 3.06. The molecule has 3 aromatic carbocycles. The number of carbonyl (C=O) groups excluding carboxylic acids is 1. The molecule has 0 saturated heterocycles. The van der Waals surface area contributed by atoms with Gasteiger partial charge in [-0.25, -0.2) is 0 Å². The van der Waals surface area contributed by atoms with Crippen LogP contribution in [0.4, 0.5) is 5.69 Å². The number of carbonyl (C=O) groups is 1. The molecule has 5 rings (SSSR count). The third kappa shape index (κ3) is 3.14. The molecule has 160 valence electrons. The molecule has 0 N–H and O–H groups in total. The van der Waals surface area contributed by atoms with Crippen molar-refractivity contribution >= 4 is 22.6 Å². The van der Waals surface area contributed by atoms with Gasteiger partial charge in [0.05, 0.1) is 17.0 Å². The SMILES string of the molecule is Cc1cccc(N2C(=O)c3oc4ccccc4c(=O)c3C2c2ccc(C(C)(C)C)cc2)c1. The first-order chi connectivity index (χ1) is 15.3. The van der Waals surface area contributed by atoms with Crippen LogP contribution in [0, 0.1) is 6.92 Å². The van der Waals surface area contributed by atoms with Crippen molar-refractivity contribution in [2.24, 2.45) is 0 Å². The van der Waals surface area contributed by atoms with E-state index in [-0.39, 0.29) is 22.5 Å². The molecule has 0 radical (unpaired) electrons. The van der Waals surface area contributed by atoms with E-state index in [0.29, 0.717) is 16.5 Å². The quantitative estimate of drug-likeness (QED) is 0.389. The number of hydrogen-bond donors (Lipinski definition) is 0. The fourth-order valence-corrected chi connectivity index (χ4v) is 4.44. The molecule has 2 heterocycles. The van der Waals surface area contributed by atoms with Crippen LogP contribution in [0.25, 0.3) is 11.0 Å². The normalized spacial score (nSPS) is 15.9. The maximum Gasteiger partial charge on any atom is 0.295 e. The second-order valence-corrected chi connectivity index (χ2v) is 9.46. The predicted octanol–water partition coefficient (Wildman–Crippen LogP) is 6.15. The van der Waals surface area contributed by atoms with Gasteiger partial charge >= 0.3 is 0 Å². The maximum absolute atomic E-state index is 13.6. The number of amides is 1. The van der Waals surface area contributed by atoms with Gasteiger partial charge in [-0.05, 0) is 53.3 Å². The molecule has 0 spiro atoms. The van der Waals surface area contributed by atoms with Crippen LogP contribution in [-0.2, 0) is 5.41 Å². The van der Waals surface area contributed by atoms with Gasteiger partial charge in [0.15, 0.2) is 5.43 Å². The standard InChI is InChI=1S/C28H25NO3/c1-17-8-7-9-20(16-17)29-24(18-12-14-19(15-13-18)28(2,3)4)23-25(30)21-10-5-6-11-22(21)32-26(23)27(29)31/h5-16,24H,1-4H3. The van der Waals surface area contributed by atoms with Gasteiger partial charge in [-0.3, -0.25) is 14.5 Å². The van der Waals surface area contributed by atoms with Crippen molar-refractivity contribution < 1.29 is 9.21 Å². The van der Waals surface area contributed by atoms with Gasteiger partial charge in [-0.1, -0.05) is 69.3 Å². The summed E-state index contributed by atoms with van der Waals surface area (Å²) >= 11 is 0. The Morgan fingerprint density at radius 1 is 0.875 bits per heavy atom. The molecule has 1 aromatic heterocycles. The summed E-state index contributed by atoms with van der Waals surface area (Å²) in [6.45, 7) is 8.48. The van der Waals surface area contributed by atoms with E-state index in [9.17, 15) is 9.59 Å². The molecule has 4 heteroatoms. The zero-order valence-corrected chi connectivity index (χ0v) is 18.7.